The second-order valence-corrected chi connectivity index (χ2v) is 5.56. The smallest absolute Gasteiger partial charge is 0.194 e. The number of hydrogen-bond acceptors (Lipinski definition) is 0. The van der Waals surface area contributed by atoms with Gasteiger partial charge in [0.15, 0.2) is 17.5 Å². The predicted octanol–water partition coefficient (Wildman–Crippen LogP) is 5.09. The van der Waals surface area contributed by atoms with Crippen LogP contribution in [0.1, 0.15) is 21.5 Å². The molecule has 0 nitrogen and oxygen atoms in total. The van der Waals surface area contributed by atoms with Gasteiger partial charge >= 0.3 is 0 Å². The van der Waals surface area contributed by atoms with Crippen molar-refractivity contribution in [3.8, 4) is 0 Å². The number of hydrogen-bond donors (Lipinski definition) is 0. The molecule has 0 fully saturated rings. The molecule has 0 saturated carbocycles. The largest absolute Gasteiger partial charge is 0.204 e. The average Bonchev–Trinajstić information content (AvgIpc) is 2.35. The van der Waals surface area contributed by atoms with Crippen molar-refractivity contribution < 1.29 is 13.2 Å². The maximum atomic E-state index is 13.2. The predicted molar refractivity (Wildman–Crippen MR) is 72.9 cm³/mol. The van der Waals surface area contributed by atoms with Gasteiger partial charge in [0.1, 0.15) is 0 Å². The van der Waals surface area contributed by atoms with Crippen LogP contribution < -0.4 is 0 Å². The van der Waals surface area contributed by atoms with Crippen LogP contribution in [0.15, 0.2) is 36.4 Å². The van der Waals surface area contributed by atoms with Gasteiger partial charge in [-0.25, -0.2) is 13.2 Å². The molecule has 2 aromatic rings. The molecule has 0 aliphatic rings. The fourth-order valence-corrected chi connectivity index (χ4v) is 2.56. The van der Waals surface area contributed by atoms with E-state index in [1.807, 2.05) is 31.2 Å². The van der Waals surface area contributed by atoms with Gasteiger partial charge in [-0.3, -0.25) is 0 Å². The van der Waals surface area contributed by atoms with E-state index in [2.05, 4.69) is 15.9 Å². The first-order valence-corrected chi connectivity index (χ1v) is 6.73. The zero-order valence-electron chi connectivity index (χ0n) is 10.3. The molecule has 19 heavy (non-hydrogen) atoms. The lowest BCUT2D eigenvalue weighted by atomic mass is 10.0. The van der Waals surface area contributed by atoms with Crippen molar-refractivity contribution in [1.82, 2.24) is 0 Å². The molecule has 0 aliphatic heterocycles. The summed E-state index contributed by atoms with van der Waals surface area (Å²) in [5.74, 6) is -3.76. The summed E-state index contributed by atoms with van der Waals surface area (Å²) in [5.41, 5.74) is 2.55. The molecule has 0 aliphatic carbocycles. The van der Waals surface area contributed by atoms with E-state index in [9.17, 15) is 13.2 Å². The number of benzene rings is 2. The van der Waals surface area contributed by atoms with Crippen molar-refractivity contribution in [2.75, 3.05) is 0 Å². The maximum absolute atomic E-state index is 13.2. The molecule has 0 spiro atoms. The highest BCUT2D eigenvalue weighted by molar-refractivity contribution is 9.09. The van der Waals surface area contributed by atoms with Crippen LogP contribution in [0.5, 0.6) is 0 Å². The van der Waals surface area contributed by atoms with Crippen LogP contribution in [0.2, 0.25) is 0 Å². The Bertz CT molecular complexity index is 573. The van der Waals surface area contributed by atoms with E-state index in [0.717, 1.165) is 23.3 Å². The summed E-state index contributed by atoms with van der Waals surface area (Å²) in [4.78, 5) is -0.265. The summed E-state index contributed by atoms with van der Waals surface area (Å²) in [5, 5.41) is 0. The zero-order chi connectivity index (χ0) is 14.0. The molecule has 100 valence electrons. The van der Waals surface area contributed by atoms with Crippen LogP contribution in [0.4, 0.5) is 13.2 Å². The molecule has 1 atom stereocenters. The van der Waals surface area contributed by atoms with E-state index in [1.165, 1.54) is 0 Å². The zero-order valence-corrected chi connectivity index (χ0v) is 11.8. The molecular weight excluding hydrogens is 317 g/mol. The van der Waals surface area contributed by atoms with Gasteiger partial charge in [0.05, 0.1) is 0 Å². The minimum absolute atomic E-state index is 0.265. The van der Waals surface area contributed by atoms with Crippen molar-refractivity contribution in [2.45, 2.75) is 18.2 Å². The van der Waals surface area contributed by atoms with E-state index in [-0.39, 0.29) is 4.83 Å². The molecule has 4 heteroatoms. The summed E-state index contributed by atoms with van der Waals surface area (Å²) in [7, 11) is 0. The monoisotopic (exact) mass is 328 g/mol. The van der Waals surface area contributed by atoms with Gasteiger partial charge in [-0.05, 0) is 36.6 Å². The van der Waals surface area contributed by atoms with Crippen LogP contribution in [0.25, 0.3) is 0 Å². The molecule has 0 amide bonds. The average molecular weight is 329 g/mol. The lowest BCUT2D eigenvalue weighted by molar-refractivity contribution is 0.445. The molecule has 0 heterocycles. The topological polar surface area (TPSA) is 0 Å². The van der Waals surface area contributed by atoms with Crippen LogP contribution in [0, 0.1) is 24.4 Å². The van der Waals surface area contributed by atoms with Crippen molar-refractivity contribution in [2.24, 2.45) is 0 Å². The lowest BCUT2D eigenvalue weighted by Gasteiger charge is -2.11. The minimum Gasteiger partial charge on any atom is -0.204 e. The Morgan fingerprint density at radius 1 is 1.05 bits per heavy atom. The van der Waals surface area contributed by atoms with Gasteiger partial charge in [-0.2, -0.15) is 0 Å². The van der Waals surface area contributed by atoms with E-state index in [0.29, 0.717) is 12.0 Å². The Hall–Kier alpha value is -1.29. The highest BCUT2D eigenvalue weighted by Gasteiger charge is 2.15. The van der Waals surface area contributed by atoms with Crippen molar-refractivity contribution in [3.63, 3.8) is 0 Å². The summed E-state index contributed by atoms with van der Waals surface area (Å²) >= 11 is 3.38. The van der Waals surface area contributed by atoms with Gasteiger partial charge in [0.25, 0.3) is 0 Å². The highest BCUT2D eigenvalue weighted by atomic mass is 79.9. The first-order valence-electron chi connectivity index (χ1n) is 5.81. The second-order valence-electron chi connectivity index (χ2n) is 4.46. The van der Waals surface area contributed by atoms with Crippen LogP contribution >= 0.6 is 15.9 Å². The fourth-order valence-electron chi connectivity index (χ4n) is 1.92. The van der Waals surface area contributed by atoms with Gasteiger partial charge in [0.2, 0.25) is 0 Å². The molecule has 1 unspecified atom stereocenters. The van der Waals surface area contributed by atoms with Crippen LogP contribution in [0.3, 0.4) is 0 Å². The molecular formula is C15H12BrF3. The molecule has 2 aromatic carbocycles. The first kappa shape index (κ1) is 14.1. The SMILES string of the molecule is Cc1cccc(CC(Br)c2cc(F)c(F)c(F)c2)c1. The molecule has 2 rings (SSSR count). The Labute approximate surface area is 118 Å². The maximum Gasteiger partial charge on any atom is 0.194 e. The third-order valence-electron chi connectivity index (χ3n) is 2.87. The molecule has 0 bridgehead atoms. The van der Waals surface area contributed by atoms with Crippen molar-refractivity contribution >= 4 is 15.9 Å². The number of halogens is 4. The van der Waals surface area contributed by atoms with Crippen LogP contribution in [-0.2, 0) is 6.42 Å². The van der Waals surface area contributed by atoms with E-state index < -0.39 is 17.5 Å². The molecule has 0 saturated heterocycles. The summed E-state index contributed by atoms with van der Waals surface area (Å²) in [6.45, 7) is 1.98. The summed E-state index contributed by atoms with van der Waals surface area (Å²) in [6.07, 6.45) is 0.576. The van der Waals surface area contributed by atoms with Gasteiger partial charge in [-0.1, -0.05) is 45.8 Å². The standard InChI is InChI=1S/C15H12BrF3/c1-9-3-2-4-10(5-9)6-12(16)11-7-13(17)15(19)14(18)8-11/h2-5,7-8,12H,6H2,1H3. The quantitative estimate of drug-likeness (QED) is 0.543. The van der Waals surface area contributed by atoms with Gasteiger partial charge in [0, 0.05) is 4.83 Å². The Balaban J connectivity index is 2.23. The highest BCUT2D eigenvalue weighted by Crippen LogP contribution is 2.29. The fraction of sp³-hybridized carbons (Fsp3) is 0.200. The van der Waals surface area contributed by atoms with Crippen molar-refractivity contribution in [3.05, 3.63) is 70.5 Å². The van der Waals surface area contributed by atoms with E-state index in [1.54, 1.807) is 0 Å². The summed E-state index contributed by atoms with van der Waals surface area (Å²) in [6, 6.07) is 9.89. The third-order valence-corrected chi connectivity index (χ3v) is 3.72. The van der Waals surface area contributed by atoms with Crippen molar-refractivity contribution in [1.29, 1.82) is 0 Å². The molecule has 0 N–H and O–H groups in total. The Morgan fingerprint density at radius 2 is 1.68 bits per heavy atom. The second kappa shape index (κ2) is 5.78. The number of rotatable bonds is 3. The minimum atomic E-state index is -1.43. The normalized spacial score (nSPS) is 12.5. The van der Waals surface area contributed by atoms with E-state index >= 15 is 0 Å². The van der Waals surface area contributed by atoms with E-state index in [4.69, 9.17) is 0 Å². The lowest BCUT2D eigenvalue weighted by Crippen LogP contribution is -2.00. The van der Waals surface area contributed by atoms with Gasteiger partial charge in [-0.15, -0.1) is 0 Å². The Kier molecular flexibility index (Phi) is 4.30. The summed E-state index contributed by atoms with van der Waals surface area (Å²) < 4.78 is 39.2. The molecule has 0 aromatic heterocycles. The first-order chi connectivity index (χ1) is 8.97. The van der Waals surface area contributed by atoms with Gasteiger partial charge < -0.3 is 0 Å². The molecule has 0 radical (unpaired) electrons. The number of aryl methyl sites for hydroxylation is 1. The Morgan fingerprint density at radius 3 is 2.26 bits per heavy atom. The number of alkyl halides is 1. The van der Waals surface area contributed by atoms with Crippen LogP contribution in [-0.4, -0.2) is 0 Å². The third kappa shape index (κ3) is 3.38.